The minimum Gasteiger partial charge on any atom is -0.273 e. The first kappa shape index (κ1) is 10.2. The van der Waals surface area contributed by atoms with E-state index in [0.717, 1.165) is 19.3 Å². The molecule has 1 amide bonds. The fourth-order valence-electron chi connectivity index (χ4n) is 0.772. The SMILES string of the molecule is C=CC[N]C(=O)CCCCC. The molecule has 0 aromatic heterocycles. The summed E-state index contributed by atoms with van der Waals surface area (Å²) in [5.41, 5.74) is 0. The van der Waals surface area contributed by atoms with Crippen molar-refractivity contribution in [3.63, 3.8) is 0 Å². The molecule has 0 saturated heterocycles. The van der Waals surface area contributed by atoms with Gasteiger partial charge in [0, 0.05) is 6.42 Å². The van der Waals surface area contributed by atoms with Crippen LogP contribution >= 0.6 is 0 Å². The third-order valence-electron chi connectivity index (χ3n) is 1.39. The van der Waals surface area contributed by atoms with Gasteiger partial charge in [0.05, 0.1) is 6.54 Å². The fourth-order valence-corrected chi connectivity index (χ4v) is 0.772. The third-order valence-corrected chi connectivity index (χ3v) is 1.39. The molecule has 0 atom stereocenters. The molecule has 0 spiro atoms. The number of carbonyl (C=O) groups excluding carboxylic acids is 1. The average Bonchev–Trinajstić information content (AvgIpc) is 2.01. The number of unbranched alkanes of at least 4 members (excludes halogenated alkanes) is 2. The summed E-state index contributed by atoms with van der Waals surface area (Å²) in [7, 11) is 0. The highest BCUT2D eigenvalue weighted by atomic mass is 16.1. The molecule has 0 aliphatic rings. The first-order valence-corrected chi connectivity index (χ1v) is 4.12. The van der Waals surface area contributed by atoms with Gasteiger partial charge < -0.3 is 0 Å². The van der Waals surface area contributed by atoms with Crippen LogP contribution in [0.5, 0.6) is 0 Å². The standard InChI is InChI=1S/C9H16NO/c1-3-5-6-7-9(11)10-8-4-2/h4H,2-3,5-8H2,1H3. The maximum atomic E-state index is 10.9. The van der Waals surface area contributed by atoms with Gasteiger partial charge in [-0.2, -0.15) is 0 Å². The Hall–Kier alpha value is -0.790. The lowest BCUT2D eigenvalue weighted by molar-refractivity contribution is -0.121. The lowest BCUT2D eigenvalue weighted by atomic mass is 10.2. The van der Waals surface area contributed by atoms with Crippen molar-refractivity contribution in [3.05, 3.63) is 12.7 Å². The summed E-state index contributed by atoms with van der Waals surface area (Å²) < 4.78 is 0. The van der Waals surface area contributed by atoms with E-state index in [2.05, 4.69) is 18.8 Å². The lowest BCUT2D eigenvalue weighted by Crippen LogP contribution is -2.14. The summed E-state index contributed by atoms with van der Waals surface area (Å²) in [6.45, 7) is 6.06. The Morgan fingerprint density at radius 3 is 2.82 bits per heavy atom. The average molecular weight is 154 g/mol. The fraction of sp³-hybridized carbons (Fsp3) is 0.667. The van der Waals surface area contributed by atoms with Gasteiger partial charge in [0.2, 0.25) is 5.91 Å². The molecule has 0 bridgehead atoms. The number of hydrogen-bond donors (Lipinski definition) is 0. The predicted octanol–water partition coefficient (Wildman–Crippen LogP) is 1.88. The molecular weight excluding hydrogens is 138 g/mol. The molecule has 0 aliphatic carbocycles. The van der Waals surface area contributed by atoms with E-state index in [1.807, 2.05) is 0 Å². The first-order valence-electron chi connectivity index (χ1n) is 4.12. The van der Waals surface area contributed by atoms with Crippen LogP contribution < -0.4 is 5.32 Å². The van der Waals surface area contributed by atoms with Crippen molar-refractivity contribution in [1.82, 2.24) is 5.32 Å². The number of amides is 1. The van der Waals surface area contributed by atoms with E-state index in [0.29, 0.717) is 13.0 Å². The second kappa shape index (κ2) is 7.32. The van der Waals surface area contributed by atoms with E-state index in [9.17, 15) is 4.79 Å². The van der Waals surface area contributed by atoms with E-state index in [1.165, 1.54) is 0 Å². The molecule has 0 rings (SSSR count). The zero-order valence-electron chi connectivity index (χ0n) is 7.18. The lowest BCUT2D eigenvalue weighted by Gasteiger charge is -1.97. The van der Waals surface area contributed by atoms with Crippen LogP contribution in [0.1, 0.15) is 32.6 Å². The molecule has 0 saturated carbocycles. The van der Waals surface area contributed by atoms with Crippen molar-refractivity contribution < 1.29 is 4.79 Å². The van der Waals surface area contributed by atoms with Crippen LogP contribution in [0.4, 0.5) is 0 Å². The zero-order valence-corrected chi connectivity index (χ0v) is 7.18. The van der Waals surface area contributed by atoms with Crippen molar-refractivity contribution in [2.75, 3.05) is 6.54 Å². The maximum Gasteiger partial charge on any atom is 0.241 e. The van der Waals surface area contributed by atoms with Crippen molar-refractivity contribution >= 4 is 5.91 Å². The van der Waals surface area contributed by atoms with Crippen molar-refractivity contribution in [2.24, 2.45) is 0 Å². The molecule has 0 N–H and O–H groups in total. The van der Waals surface area contributed by atoms with Crippen molar-refractivity contribution in [1.29, 1.82) is 0 Å². The van der Waals surface area contributed by atoms with Crippen LogP contribution in [0.2, 0.25) is 0 Å². The molecule has 2 nitrogen and oxygen atoms in total. The molecule has 0 aromatic carbocycles. The molecular formula is C9H16NO. The molecule has 0 aliphatic heterocycles. The molecule has 0 aromatic rings. The van der Waals surface area contributed by atoms with E-state index in [4.69, 9.17) is 0 Å². The Bertz CT molecular complexity index is 121. The second-order valence-electron chi connectivity index (χ2n) is 2.48. The number of nitrogens with zero attached hydrogens (tertiary/aromatic N) is 1. The molecule has 63 valence electrons. The molecule has 0 heterocycles. The molecule has 2 heteroatoms. The van der Waals surface area contributed by atoms with Crippen LogP contribution in [0.3, 0.4) is 0 Å². The largest absolute Gasteiger partial charge is 0.273 e. The molecule has 0 fully saturated rings. The van der Waals surface area contributed by atoms with Gasteiger partial charge in [0.25, 0.3) is 0 Å². The Kier molecular flexibility index (Phi) is 6.79. The monoisotopic (exact) mass is 154 g/mol. The molecule has 11 heavy (non-hydrogen) atoms. The molecule has 0 unspecified atom stereocenters. The van der Waals surface area contributed by atoms with E-state index in [1.54, 1.807) is 6.08 Å². The van der Waals surface area contributed by atoms with Crippen LogP contribution in [-0.4, -0.2) is 12.5 Å². The van der Waals surface area contributed by atoms with Gasteiger partial charge in [-0.05, 0) is 6.42 Å². The van der Waals surface area contributed by atoms with Crippen LogP contribution in [0.25, 0.3) is 0 Å². The Morgan fingerprint density at radius 1 is 1.55 bits per heavy atom. The Morgan fingerprint density at radius 2 is 2.27 bits per heavy atom. The second-order valence-corrected chi connectivity index (χ2v) is 2.48. The summed E-state index contributed by atoms with van der Waals surface area (Å²) in [6, 6.07) is 0. The summed E-state index contributed by atoms with van der Waals surface area (Å²) >= 11 is 0. The van der Waals surface area contributed by atoms with E-state index >= 15 is 0 Å². The maximum absolute atomic E-state index is 10.9. The Labute approximate surface area is 68.7 Å². The zero-order chi connectivity index (χ0) is 8.53. The van der Waals surface area contributed by atoms with Gasteiger partial charge >= 0.3 is 0 Å². The van der Waals surface area contributed by atoms with Gasteiger partial charge in [-0.25, -0.2) is 5.32 Å². The van der Waals surface area contributed by atoms with E-state index in [-0.39, 0.29) is 5.91 Å². The van der Waals surface area contributed by atoms with Gasteiger partial charge in [-0.15, -0.1) is 6.58 Å². The minimum atomic E-state index is 0.0124. The summed E-state index contributed by atoms with van der Waals surface area (Å²) in [5, 5.41) is 3.76. The summed E-state index contributed by atoms with van der Waals surface area (Å²) in [4.78, 5) is 10.9. The highest BCUT2D eigenvalue weighted by molar-refractivity contribution is 5.75. The third kappa shape index (κ3) is 7.10. The van der Waals surface area contributed by atoms with E-state index < -0.39 is 0 Å². The highest BCUT2D eigenvalue weighted by Gasteiger charge is 1.98. The van der Waals surface area contributed by atoms with Gasteiger partial charge in [0.1, 0.15) is 0 Å². The van der Waals surface area contributed by atoms with Crippen molar-refractivity contribution in [2.45, 2.75) is 32.6 Å². The van der Waals surface area contributed by atoms with Crippen LogP contribution in [0.15, 0.2) is 12.7 Å². The number of hydrogen-bond acceptors (Lipinski definition) is 1. The first-order chi connectivity index (χ1) is 5.31. The summed E-state index contributed by atoms with van der Waals surface area (Å²) in [5.74, 6) is 0.0124. The normalized spacial score (nSPS) is 9.18. The molecule has 1 radical (unpaired) electrons. The van der Waals surface area contributed by atoms with Crippen LogP contribution in [-0.2, 0) is 4.79 Å². The highest BCUT2D eigenvalue weighted by Crippen LogP contribution is 1.98. The quantitative estimate of drug-likeness (QED) is 0.424. The summed E-state index contributed by atoms with van der Waals surface area (Å²) in [6.07, 6.45) is 5.47. The minimum absolute atomic E-state index is 0.0124. The number of carbonyl (C=O) groups is 1. The van der Waals surface area contributed by atoms with Gasteiger partial charge in [-0.3, -0.25) is 4.79 Å². The smallest absolute Gasteiger partial charge is 0.241 e. The van der Waals surface area contributed by atoms with Gasteiger partial charge in [-0.1, -0.05) is 25.8 Å². The van der Waals surface area contributed by atoms with Gasteiger partial charge in [0.15, 0.2) is 0 Å². The Balaban J connectivity index is 3.15. The number of rotatable bonds is 6. The van der Waals surface area contributed by atoms with Crippen LogP contribution in [0, 0.1) is 0 Å². The topological polar surface area (TPSA) is 31.2 Å². The predicted molar refractivity (Wildman–Crippen MR) is 46.3 cm³/mol. The van der Waals surface area contributed by atoms with Crippen molar-refractivity contribution in [3.8, 4) is 0 Å².